The summed E-state index contributed by atoms with van der Waals surface area (Å²) >= 11 is 0. The number of rotatable bonds is 5. The van der Waals surface area contributed by atoms with Gasteiger partial charge in [0.15, 0.2) is 0 Å². The van der Waals surface area contributed by atoms with Crippen LogP contribution in [0.4, 0.5) is 11.6 Å². The Bertz CT molecular complexity index is 417. The molecule has 2 atom stereocenters. The van der Waals surface area contributed by atoms with E-state index in [2.05, 4.69) is 41.4 Å². The van der Waals surface area contributed by atoms with Gasteiger partial charge in [0, 0.05) is 19.2 Å². The van der Waals surface area contributed by atoms with Gasteiger partial charge in [-0.15, -0.1) is 0 Å². The number of anilines is 2. The van der Waals surface area contributed by atoms with Crippen LogP contribution in [0.1, 0.15) is 51.5 Å². The second-order valence-corrected chi connectivity index (χ2v) is 6.05. The largest absolute Gasteiger partial charge is 0.373 e. The molecule has 0 aromatic carbocycles. The van der Waals surface area contributed by atoms with Gasteiger partial charge < -0.3 is 10.6 Å². The third-order valence-corrected chi connectivity index (χ3v) is 4.06. The van der Waals surface area contributed by atoms with Crippen molar-refractivity contribution in [3.8, 4) is 0 Å². The summed E-state index contributed by atoms with van der Waals surface area (Å²) in [6.45, 7) is 7.75. The van der Waals surface area contributed by atoms with E-state index in [0.717, 1.165) is 30.0 Å². The third-order valence-electron chi connectivity index (χ3n) is 4.06. The highest BCUT2D eigenvalue weighted by molar-refractivity contribution is 5.58. The lowest BCUT2D eigenvalue weighted by molar-refractivity contribution is 0.536. The molecule has 1 aromatic rings. The van der Waals surface area contributed by atoms with Gasteiger partial charge in [-0.05, 0) is 30.6 Å². The van der Waals surface area contributed by atoms with Crippen molar-refractivity contribution >= 4 is 11.6 Å². The fraction of sp³-hybridized carbons (Fsp3) is 0.733. The van der Waals surface area contributed by atoms with Crippen LogP contribution in [-0.2, 0) is 0 Å². The zero-order valence-electron chi connectivity index (χ0n) is 12.5. The first-order valence-electron chi connectivity index (χ1n) is 7.38. The molecule has 0 aliphatic heterocycles. The van der Waals surface area contributed by atoms with Gasteiger partial charge in [-0.1, -0.05) is 27.2 Å². The van der Waals surface area contributed by atoms with Crippen molar-refractivity contribution in [2.75, 3.05) is 24.2 Å². The molecule has 19 heavy (non-hydrogen) atoms. The lowest BCUT2D eigenvalue weighted by Gasteiger charge is -2.18. The molecule has 2 unspecified atom stereocenters. The smallest absolute Gasteiger partial charge is 0.134 e. The maximum absolute atomic E-state index is 4.43. The molecule has 4 heteroatoms. The summed E-state index contributed by atoms with van der Waals surface area (Å²) in [4.78, 5) is 8.74. The lowest BCUT2D eigenvalue weighted by atomic mass is 10.0. The topological polar surface area (TPSA) is 49.8 Å². The Balaban J connectivity index is 2.07. The minimum absolute atomic E-state index is 0.411. The second-order valence-electron chi connectivity index (χ2n) is 6.05. The highest BCUT2D eigenvalue weighted by Crippen LogP contribution is 2.32. The summed E-state index contributed by atoms with van der Waals surface area (Å²) in [6, 6.07) is 0. The number of hydrogen-bond donors (Lipinski definition) is 2. The van der Waals surface area contributed by atoms with Crippen LogP contribution in [0.3, 0.4) is 0 Å². The van der Waals surface area contributed by atoms with Crippen LogP contribution in [-0.4, -0.2) is 23.6 Å². The van der Waals surface area contributed by atoms with Gasteiger partial charge in [-0.2, -0.15) is 0 Å². The van der Waals surface area contributed by atoms with Crippen molar-refractivity contribution < 1.29 is 0 Å². The molecule has 106 valence electrons. The van der Waals surface area contributed by atoms with Gasteiger partial charge in [0.25, 0.3) is 0 Å². The normalized spacial score (nSPS) is 22.8. The Hall–Kier alpha value is -1.32. The summed E-state index contributed by atoms with van der Waals surface area (Å²) < 4.78 is 0. The van der Waals surface area contributed by atoms with Crippen LogP contribution in [0.2, 0.25) is 0 Å². The van der Waals surface area contributed by atoms with Gasteiger partial charge in [-0.25, -0.2) is 9.97 Å². The minimum atomic E-state index is 0.411. The zero-order chi connectivity index (χ0) is 13.8. The van der Waals surface area contributed by atoms with Crippen LogP contribution in [0.5, 0.6) is 0 Å². The van der Waals surface area contributed by atoms with Gasteiger partial charge in [0.05, 0.1) is 0 Å². The number of nitrogens with one attached hydrogen (secondary N) is 2. The van der Waals surface area contributed by atoms with Crippen molar-refractivity contribution in [1.29, 1.82) is 0 Å². The molecule has 0 amide bonds. The molecule has 2 N–H and O–H groups in total. The maximum atomic E-state index is 4.43. The van der Waals surface area contributed by atoms with Crippen LogP contribution in [0.15, 0.2) is 6.33 Å². The fourth-order valence-corrected chi connectivity index (χ4v) is 3.03. The Labute approximate surface area is 116 Å². The van der Waals surface area contributed by atoms with Crippen molar-refractivity contribution in [3.63, 3.8) is 0 Å². The minimum Gasteiger partial charge on any atom is -0.373 e. The van der Waals surface area contributed by atoms with E-state index in [-0.39, 0.29) is 0 Å². The van der Waals surface area contributed by atoms with Crippen LogP contribution in [0, 0.1) is 11.8 Å². The van der Waals surface area contributed by atoms with E-state index in [1.807, 2.05) is 7.05 Å². The molecule has 0 radical (unpaired) electrons. The molecule has 1 saturated carbocycles. The second kappa shape index (κ2) is 6.22. The fourth-order valence-electron chi connectivity index (χ4n) is 3.03. The molecule has 2 rings (SSSR count). The van der Waals surface area contributed by atoms with E-state index < -0.39 is 0 Å². The summed E-state index contributed by atoms with van der Waals surface area (Å²) in [5, 5.41) is 6.70. The van der Waals surface area contributed by atoms with E-state index in [1.165, 1.54) is 24.8 Å². The van der Waals surface area contributed by atoms with E-state index in [0.29, 0.717) is 5.92 Å². The summed E-state index contributed by atoms with van der Waals surface area (Å²) in [6.07, 6.45) is 5.69. The van der Waals surface area contributed by atoms with Gasteiger partial charge in [-0.3, -0.25) is 0 Å². The molecular weight excluding hydrogens is 236 g/mol. The molecule has 1 aromatic heterocycles. The number of nitrogens with zero attached hydrogens (tertiary/aromatic N) is 2. The SMILES string of the molecule is CNc1ncnc(NCC2CCC(C)C2)c1C(C)C. The summed E-state index contributed by atoms with van der Waals surface area (Å²) in [5.74, 6) is 4.02. The molecule has 0 spiro atoms. The quantitative estimate of drug-likeness (QED) is 0.853. The molecule has 0 saturated heterocycles. The van der Waals surface area contributed by atoms with Crippen LogP contribution in [0.25, 0.3) is 0 Å². The first-order chi connectivity index (χ1) is 9.11. The monoisotopic (exact) mass is 262 g/mol. The zero-order valence-corrected chi connectivity index (χ0v) is 12.5. The van der Waals surface area contributed by atoms with Crippen molar-refractivity contribution in [2.45, 2.75) is 46.0 Å². The van der Waals surface area contributed by atoms with E-state index in [4.69, 9.17) is 0 Å². The molecule has 4 nitrogen and oxygen atoms in total. The van der Waals surface area contributed by atoms with Crippen molar-refractivity contribution in [2.24, 2.45) is 11.8 Å². The summed E-state index contributed by atoms with van der Waals surface area (Å²) in [5.41, 5.74) is 1.19. The maximum Gasteiger partial charge on any atom is 0.134 e. The molecule has 1 fully saturated rings. The lowest BCUT2D eigenvalue weighted by Crippen LogP contribution is -2.15. The van der Waals surface area contributed by atoms with Crippen molar-refractivity contribution in [1.82, 2.24) is 9.97 Å². The molecule has 1 aliphatic rings. The first-order valence-corrected chi connectivity index (χ1v) is 7.38. The Kier molecular flexibility index (Phi) is 4.61. The predicted octanol–water partition coefficient (Wildman–Crippen LogP) is 3.49. The number of hydrogen-bond acceptors (Lipinski definition) is 4. The average molecular weight is 262 g/mol. The van der Waals surface area contributed by atoms with Crippen molar-refractivity contribution in [3.05, 3.63) is 11.9 Å². The molecular formula is C15H26N4. The Morgan fingerprint density at radius 1 is 1.26 bits per heavy atom. The first kappa shape index (κ1) is 14.1. The predicted molar refractivity (Wildman–Crippen MR) is 80.7 cm³/mol. The highest BCUT2D eigenvalue weighted by atomic mass is 15.1. The van der Waals surface area contributed by atoms with E-state index in [1.54, 1.807) is 6.33 Å². The van der Waals surface area contributed by atoms with Gasteiger partial charge >= 0.3 is 0 Å². The highest BCUT2D eigenvalue weighted by Gasteiger charge is 2.22. The standard InChI is InChI=1S/C15H26N4/c1-10(2)13-14(16-4)18-9-19-15(13)17-8-12-6-5-11(3)7-12/h9-12H,5-8H2,1-4H3,(H2,16,17,18,19). The van der Waals surface area contributed by atoms with Crippen LogP contribution < -0.4 is 10.6 Å². The molecule has 1 heterocycles. The average Bonchev–Trinajstić information content (AvgIpc) is 2.81. The van der Waals surface area contributed by atoms with E-state index >= 15 is 0 Å². The van der Waals surface area contributed by atoms with Gasteiger partial charge in [0.2, 0.25) is 0 Å². The Morgan fingerprint density at radius 3 is 2.58 bits per heavy atom. The van der Waals surface area contributed by atoms with Crippen LogP contribution >= 0.6 is 0 Å². The third kappa shape index (κ3) is 3.37. The summed E-state index contributed by atoms with van der Waals surface area (Å²) in [7, 11) is 1.91. The molecule has 0 bridgehead atoms. The number of aromatic nitrogens is 2. The Morgan fingerprint density at radius 2 is 2.00 bits per heavy atom. The van der Waals surface area contributed by atoms with E-state index in [9.17, 15) is 0 Å². The van der Waals surface area contributed by atoms with Gasteiger partial charge in [0.1, 0.15) is 18.0 Å². The molecule has 1 aliphatic carbocycles.